The van der Waals surface area contributed by atoms with Crippen molar-refractivity contribution in [3.63, 3.8) is 0 Å². The molecule has 0 saturated carbocycles. The Hall–Kier alpha value is -3.73. The van der Waals surface area contributed by atoms with E-state index in [1.807, 2.05) is 47.0 Å². The number of aliphatic hydroxyl groups excluding tert-OH is 1. The molecular formula is C31H40N6O3S. The van der Waals surface area contributed by atoms with E-state index in [4.69, 9.17) is 16.1 Å². The summed E-state index contributed by atoms with van der Waals surface area (Å²) in [5.74, 6) is 0.848. The van der Waals surface area contributed by atoms with Crippen LogP contribution in [0.1, 0.15) is 37.7 Å². The van der Waals surface area contributed by atoms with E-state index in [9.17, 15) is 13.5 Å². The summed E-state index contributed by atoms with van der Waals surface area (Å²) in [6.45, 7) is 8.83. The molecule has 1 unspecified atom stereocenters. The predicted molar refractivity (Wildman–Crippen MR) is 165 cm³/mol. The minimum Gasteiger partial charge on any atom is -0.392 e. The van der Waals surface area contributed by atoms with Crippen molar-refractivity contribution in [2.24, 2.45) is 5.73 Å². The number of nitrogen functional groups attached to an aromatic ring is 1. The van der Waals surface area contributed by atoms with E-state index in [0.29, 0.717) is 49.2 Å². The first kappa shape index (κ1) is 30.2. The zero-order valence-electron chi connectivity index (χ0n) is 24.0. The molecule has 218 valence electrons. The topological polar surface area (TPSA) is 129 Å². The Morgan fingerprint density at radius 2 is 1.68 bits per heavy atom. The van der Waals surface area contributed by atoms with Crippen LogP contribution in [0.3, 0.4) is 0 Å². The van der Waals surface area contributed by atoms with Crippen molar-refractivity contribution >= 4 is 32.6 Å². The quantitative estimate of drug-likeness (QED) is 0.154. The van der Waals surface area contributed by atoms with Crippen molar-refractivity contribution in [1.29, 1.82) is 5.41 Å². The van der Waals surface area contributed by atoms with Crippen LogP contribution in [0.25, 0.3) is 11.0 Å². The van der Waals surface area contributed by atoms with Gasteiger partial charge in [0.25, 0.3) is 10.0 Å². The molecule has 0 aliphatic carbocycles. The number of hydrogen-bond donors (Lipinski definition) is 3. The van der Waals surface area contributed by atoms with Gasteiger partial charge >= 0.3 is 0 Å². The molecule has 3 aromatic carbocycles. The largest absolute Gasteiger partial charge is 0.392 e. The molecule has 1 atom stereocenters. The minimum absolute atomic E-state index is 0.0338. The Morgan fingerprint density at radius 1 is 1.00 bits per heavy atom. The Balaban J connectivity index is 1.70. The van der Waals surface area contributed by atoms with E-state index in [1.54, 1.807) is 37.3 Å². The number of fused-ring (bicyclic) bond motifs is 1. The molecule has 0 amide bonds. The highest BCUT2D eigenvalue weighted by atomic mass is 32.2. The molecule has 0 saturated heterocycles. The Kier molecular flexibility index (Phi) is 9.80. The van der Waals surface area contributed by atoms with Gasteiger partial charge in [0.1, 0.15) is 11.7 Å². The molecule has 0 aliphatic rings. The first-order chi connectivity index (χ1) is 19.6. The highest BCUT2D eigenvalue weighted by Gasteiger charge is 2.26. The molecule has 4 aromatic rings. The summed E-state index contributed by atoms with van der Waals surface area (Å²) < 4.78 is 31.1. The van der Waals surface area contributed by atoms with E-state index < -0.39 is 16.1 Å². The van der Waals surface area contributed by atoms with Gasteiger partial charge in [0, 0.05) is 25.1 Å². The Morgan fingerprint density at radius 3 is 2.29 bits per heavy atom. The van der Waals surface area contributed by atoms with E-state index in [1.165, 1.54) is 4.31 Å². The molecule has 4 N–H and O–H groups in total. The Labute approximate surface area is 242 Å². The standard InChI is InChI=1S/C31H40N6O3S/c1-4-35(5-2)19-20-37(41(39,40)27-9-7-6-8-10-27)26-16-17-29-28(21-26)34-30(36(29)22-23(3)38)18-13-24-11-14-25(15-12-24)31(32)33/h6-12,14-17,21,23,38H,4-5,13,18-20,22H2,1-3H3,(H3,32,33). The number of aliphatic hydroxyl groups is 1. The first-order valence-corrected chi connectivity index (χ1v) is 15.5. The molecule has 0 spiro atoms. The molecular weight excluding hydrogens is 536 g/mol. The SMILES string of the molecule is CCN(CC)CCN(c1ccc2c(c1)nc(CCc1ccc(C(=N)N)cc1)n2CC(C)O)S(=O)(=O)c1ccccc1. The number of nitrogens with zero attached hydrogens (tertiary/aromatic N) is 4. The molecule has 1 heterocycles. The number of rotatable bonds is 14. The number of benzene rings is 3. The van der Waals surface area contributed by atoms with E-state index in [2.05, 4.69) is 18.7 Å². The second kappa shape index (κ2) is 13.3. The highest BCUT2D eigenvalue weighted by Crippen LogP contribution is 2.28. The predicted octanol–water partition coefficient (Wildman–Crippen LogP) is 4.02. The fourth-order valence-corrected chi connectivity index (χ4v) is 6.44. The van der Waals surface area contributed by atoms with E-state index >= 15 is 0 Å². The summed E-state index contributed by atoms with van der Waals surface area (Å²) in [7, 11) is -3.81. The van der Waals surface area contributed by atoms with Crippen LogP contribution in [0.4, 0.5) is 5.69 Å². The summed E-state index contributed by atoms with van der Waals surface area (Å²) in [4.78, 5) is 7.36. The third-order valence-corrected chi connectivity index (χ3v) is 9.13. The lowest BCUT2D eigenvalue weighted by Crippen LogP contribution is -2.38. The van der Waals surface area contributed by atoms with Crippen LogP contribution >= 0.6 is 0 Å². The smallest absolute Gasteiger partial charge is 0.264 e. The summed E-state index contributed by atoms with van der Waals surface area (Å²) in [6.07, 6.45) is 0.765. The lowest BCUT2D eigenvalue weighted by Gasteiger charge is -2.27. The van der Waals surface area contributed by atoms with Crippen molar-refractivity contribution in [1.82, 2.24) is 14.5 Å². The van der Waals surface area contributed by atoms with Gasteiger partial charge in [-0.2, -0.15) is 0 Å². The molecule has 10 heteroatoms. The van der Waals surface area contributed by atoms with Crippen molar-refractivity contribution in [3.05, 3.63) is 89.7 Å². The summed E-state index contributed by atoms with van der Waals surface area (Å²) in [5.41, 5.74) is 9.43. The number of amidine groups is 1. The third-order valence-electron chi connectivity index (χ3n) is 7.29. The molecule has 0 aliphatic heterocycles. The van der Waals surface area contributed by atoms with Gasteiger partial charge in [-0.15, -0.1) is 0 Å². The number of nitrogens with one attached hydrogen (secondary N) is 1. The lowest BCUT2D eigenvalue weighted by atomic mass is 10.1. The fraction of sp³-hybridized carbons (Fsp3) is 0.355. The number of hydrogen-bond acceptors (Lipinski definition) is 6. The van der Waals surface area contributed by atoms with Crippen molar-refractivity contribution in [2.45, 2.75) is 51.2 Å². The van der Waals surface area contributed by atoms with Crippen LogP contribution in [-0.4, -0.2) is 66.1 Å². The van der Waals surface area contributed by atoms with Gasteiger partial charge < -0.3 is 20.3 Å². The van der Waals surface area contributed by atoms with Crippen LogP contribution in [0.15, 0.2) is 77.7 Å². The molecule has 4 rings (SSSR count). The molecule has 0 bridgehead atoms. The Bertz CT molecular complexity index is 1560. The van der Waals surface area contributed by atoms with E-state index in [0.717, 1.165) is 30.0 Å². The molecule has 1 aromatic heterocycles. The normalized spacial score (nSPS) is 12.6. The van der Waals surface area contributed by atoms with Crippen LogP contribution < -0.4 is 10.0 Å². The zero-order valence-corrected chi connectivity index (χ0v) is 24.8. The lowest BCUT2D eigenvalue weighted by molar-refractivity contribution is 0.174. The van der Waals surface area contributed by atoms with Gasteiger partial charge in [-0.05, 0) is 62.3 Å². The fourth-order valence-electron chi connectivity index (χ4n) is 4.97. The van der Waals surface area contributed by atoms with Gasteiger partial charge in [-0.1, -0.05) is 56.3 Å². The average molecular weight is 577 g/mol. The van der Waals surface area contributed by atoms with Gasteiger partial charge in [-0.3, -0.25) is 9.71 Å². The summed E-state index contributed by atoms with van der Waals surface area (Å²) >= 11 is 0. The minimum atomic E-state index is -3.81. The molecule has 41 heavy (non-hydrogen) atoms. The average Bonchev–Trinajstić information content (AvgIpc) is 3.30. The first-order valence-electron chi connectivity index (χ1n) is 14.0. The number of anilines is 1. The van der Waals surface area contributed by atoms with Crippen molar-refractivity contribution in [3.8, 4) is 0 Å². The second-order valence-electron chi connectivity index (χ2n) is 10.2. The van der Waals surface area contributed by atoms with Crippen LogP contribution in [0.2, 0.25) is 0 Å². The number of aromatic nitrogens is 2. The van der Waals surface area contributed by atoms with Crippen LogP contribution in [0, 0.1) is 5.41 Å². The van der Waals surface area contributed by atoms with E-state index in [-0.39, 0.29) is 10.7 Å². The number of likely N-dealkylation sites (N-methyl/N-ethyl adjacent to an activating group) is 1. The number of sulfonamides is 1. The zero-order chi connectivity index (χ0) is 29.6. The van der Waals surface area contributed by atoms with Crippen LogP contribution in [0.5, 0.6) is 0 Å². The maximum atomic E-state index is 13.8. The monoisotopic (exact) mass is 576 g/mol. The third kappa shape index (κ3) is 7.13. The molecule has 0 fully saturated rings. The van der Waals surface area contributed by atoms with Gasteiger partial charge in [-0.25, -0.2) is 13.4 Å². The maximum Gasteiger partial charge on any atom is 0.264 e. The van der Waals surface area contributed by atoms with Crippen molar-refractivity contribution in [2.75, 3.05) is 30.5 Å². The number of imidazole rings is 1. The van der Waals surface area contributed by atoms with Gasteiger partial charge in [0.05, 0.1) is 34.3 Å². The highest BCUT2D eigenvalue weighted by molar-refractivity contribution is 7.92. The summed E-state index contributed by atoms with van der Waals surface area (Å²) in [6, 6.07) is 21.7. The van der Waals surface area contributed by atoms with Gasteiger partial charge in [0.15, 0.2) is 0 Å². The maximum absolute atomic E-state index is 13.8. The summed E-state index contributed by atoms with van der Waals surface area (Å²) in [5, 5.41) is 17.8. The number of aryl methyl sites for hydroxylation is 2. The second-order valence-corrected chi connectivity index (χ2v) is 12.1. The molecule has 0 radical (unpaired) electrons. The van der Waals surface area contributed by atoms with Crippen LogP contribution in [-0.2, 0) is 29.4 Å². The molecule has 9 nitrogen and oxygen atoms in total. The van der Waals surface area contributed by atoms with Gasteiger partial charge in [0.2, 0.25) is 0 Å². The number of nitrogens with two attached hydrogens (primary N) is 1. The van der Waals surface area contributed by atoms with Crippen molar-refractivity contribution < 1.29 is 13.5 Å².